The molecule has 2 aromatic carbocycles. The normalized spacial score (nSPS) is 11.0. The van der Waals surface area contributed by atoms with Crippen molar-refractivity contribution < 1.29 is 4.79 Å². The SMILES string of the molecule is N#CC(=Cc1ccc(Cl)cc1)C(=O)Nc1nc(-c2ccccc2)cs1. The Kier molecular flexibility index (Phi) is 5.24. The molecule has 3 aromatic rings. The van der Waals surface area contributed by atoms with Gasteiger partial charge >= 0.3 is 0 Å². The summed E-state index contributed by atoms with van der Waals surface area (Å²) in [4.78, 5) is 16.7. The Bertz CT molecular complexity index is 956. The average Bonchev–Trinajstić information content (AvgIpc) is 3.10. The first-order valence-electron chi connectivity index (χ1n) is 7.35. The lowest BCUT2D eigenvalue weighted by Crippen LogP contribution is -2.13. The standard InChI is InChI=1S/C19H12ClN3OS/c20-16-8-6-13(7-9-16)10-15(11-21)18(24)23-19-22-17(12-25-19)14-4-2-1-3-5-14/h1-10,12H,(H,22,23,24). The summed E-state index contributed by atoms with van der Waals surface area (Å²) < 4.78 is 0. The Morgan fingerprint density at radius 1 is 1.16 bits per heavy atom. The number of hydrogen-bond donors (Lipinski definition) is 1. The van der Waals surface area contributed by atoms with E-state index in [9.17, 15) is 10.1 Å². The fraction of sp³-hybridized carbons (Fsp3) is 0. The van der Waals surface area contributed by atoms with Crippen LogP contribution in [0.1, 0.15) is 5.56 Å². The van der Waals surface area contributed by atoms with Crippen molar-refractivity contribution in [3.05, 3.63) is 76.1 Å². The summed E-state index contributed by atoms with van der Waals surface area (Å²) in [5.41, 5.74) is 2.47. The van der Waals surface area contributed by atoms with E-state index in [1.165, 1.54) is 17.4 Å². The number of carbonyl (C=O) groups is 1. The summed E-state index contributed by atoms with van der Waals surface area (Å²) in [5, 5.41) is 14.8. The van der Waals surface area contributed by atoms with Crippen LogP contribution in [0.2, 0.25) is 5.02 Å². The predicted molar refractivity (Wildman–Crippen MR) is 101 cm³/mol. The number of anilines is 1. The maximum Gasteiger partial charge on any atom is 0.268 e. The van der Waals surface area contributed by atoms with Gasteiger partial charge in [-0.05, 0) is 23.8 Å². The van der Waals surface area contributed by atoms with Crippen LogP contribution >= 0.6 is 22.9 Å². The number of thiazole rings is 1. The summed E-state index contributed by atoms with van der Waals surface area (Å²) in [6, 6.07) is 18.5. The minimum atomic E-state index is -0.494. The maximum atomic E-state index is 12.3. The minimum absolute atomic E-state index is 0.00113. The largest absolute Gasteiger partial charge is 0.297 e. The van der Waals surface area contributed by atoms with Crippen molar-refractivity contribution in [1.29, 1.82) is 5.26 Å². The van der Waals surface area contributed by atoms with E-state index >= 15 is 0 Å². The molecule has 3 rings (SSSR count). The van der Waals surface area contributed by atoms with Gasteiger partial charge in [-0.2, -0.15) is 5.26 Å². The van der Waals surface area contributed by atoms with Crippen LogP contribution in [0.5, 0.6) is 0 Å². The van der Waals surface area contributed by atoms with Crippen LogP contribution in [0.25, 0.3) is 17.3 Å². The molecule has 1 amide bonds. The molecule has 0 aliphatic carbocycles. The van der Waals surface area contributed by atoms with Crippen molar-refractivity contribution in [3.8, 4) is 17.3 Å². The van der Waals surface area contributed by atoms with Gasteiger partial charge in [-0.25, -0.2) is 4.98 Å². The van der Waals surface area contributed by atoms with Crippen molar-refractivity contribution in [3.63, 3.8) is 0 Å². The number of nitrogens with zero attached hydrogens (tertiary/aromatic N) is 2. The molecule has 0 saturated carbocycles. The molecule has 0 radical (unpaired) electrons. The summed E-state index contributed by atoms with van der Waals surface area (Å²) in [6.07, 6.45) is 1.51. The van der Waals surface area contributed by atoms with E-state index in [1.54, 1.807) is 24.3 Å². The van der Waals surface area contributed by atoms with Crippen LogP contribution in [-0.2, 0) is 4.79 Å². The number of rotatable bonds is 4. The monoisotopic (exact) mass is 365 g/mol. The van der Waals surface area contributed by atoms with Gasteiger partial charge < -0.3 is 0 Å². The van der Waals surface area contributed by atoms with E-state index in [0.29, 0.717) is 10.2 Å². The molecule has 1 heterocycles. The Morgan fingerprint density at radius 3 is 2.56 bits per heavy atom. The molecule has 0 bridgehead atoms. The zero-order chi connectivity index (χ0) is 17.6. The van der Waals surface area contributed by atoms with Crippen LogP contribution < -0.4 is 5.32 Å². The summed E-state index contributed by atoms with van der Waals surface area (Å²) in [5.74, 6) is -0.494. The van der Waals surface area contributed by atoms with Crippen molar-refractivity contribution in [1.82, 2.24) is 4.98 Å². The molecule has 4 nitrogen and oxygen atoms in total. The van der Waals surface area contributed by atoms with E-state index in [1.807, 2.05) is 41.8 Å². The van der Waals surface area contributed by atoms with Gasteiger partial charge in [0, 0.05) is 16.0 Å². The van der Waals surface area contributed by atoms with Crippen LogP contribution in [-0.4, -0.2) is 10.9 Å². The van der Waals surface area contributed by atoms with Crippen molar-refractivity contribution >= 4 is 40.1 Å². The van der Waals surface area contributed by atoms with Crippen molar-refractivity contribution in [2.75, 3.05) is 5.32 Å². The maximum absolute atomic E-state index is 12.3. The highest BCUT2D eigenvalue weighted by molar-refractivity contribution is 7.14. The van der Waals surface area contributed by atoms with Gasteiger partial charge in [-0.1, -0.05) is 54.1 Å². The van der Waals surface area contributed by atoms with Gasteiger partial charge in [0.2, 0.25) is 0 Å². The molecule has 0 aliphatic heterocycles. The highest BCUT2D eigenvalue weighted by Crippen LogP contribution is 2.25. The molecular formula is C19H12ClN3OS. The van der Waals surface area contributed by atoms with Gasteiger partial charge in [0.1, 0.15) is 11.6 Å². The number of aromatic nitrogens is 1. The third-order valence-electron chi connectivity index (χ3n) is 3.34. The smallest absolute Gasteiger partial charge is 0.268 e. The molecule has 6 heteroatoms. The van der Waals surface area contributed by atoms with Gasteiger partial charge in [0.25, 0.3) is 5.91 Å². The van der Waals surface area contributed by atoms with Gasteiger partial charge in [0.05, 0.1) is 5.69 Å². The average molecular weight is 366 g/mol. The fourth-order valence-corrected chi connectivity index (χ4v) is 2.95. The van der Waals surface area contributed by atoms with Gasteiger partial charge in [-0.3, -0.25) is 10.1 Å². The third kappa shape index (κ3) is 4.32. The van der Waals surface area contributed by atoms with E-state index in [4.69, 9.17) is 11.6 Å². The highest BCUT2D eigenvalue weighted by atomic mass is 35.5. The predicted octanol–water partition coefficient (Wildman–Crippen LogP) is 5.01. The molecule has 0 aliphatic rings. The summed E-state index contributed by atoms with van der Waals surface area (Å²) in [6.45, 7) is 0. The van der Waals surface area contributed by atoms with Crippen LogP contribution in [0, 0.1) is 11.3 Å². The van der Waals surface area contributed by atoms with Gasteiger partial charge in [0.15, 0.2) is 5.13 Å². The lowest BCUT2D eigenvalue weighted by molar-refractivity contribution is -0.112. The summed E-state index contributed by atoms with van der Waals surface area (Å²) >= 11 is 7.14. The van der Waals surface area contributed by atoms with E-state index in [2.05, 4.69) is 10.3 Å². The van der Waals surface area contributed by atoms with E-state index in [-0.39, 0.29) is 5.57 Å². The number of carbonyl (C=O) groups excluding carboxylic acids is 1. The second-order valence-electron chi connectivity index (χ2n) is 5.08. The zero-order valence-electron chi connectivity index (χ0n) is 12.9. The number of nitriles is 1. The second kappa shape index (κ2) is 7.75. The number of amides is 1. The Hall–Kier alpha value is -2.94. The zero-order valence-corrected chi connectivity index (χ0v) is 14.5. The Morgan fingerprint density at radius 2 is 1.88 bits per heavy atom. The van der Waals surface area contributed by atoms with Crippen LogP contribution in [0.3, 0.4) is 0 Å². The number of halogens is 1. The molecule has 0 unspecified atom stereocenters. The Labute approximate surface area is 154 Å². The molecule has 0 atom stereocenters. The lowest BCUT2D eigenvalue weighted by atomic mass is 10.1. The first kappa shape index (κ1) is 16.9. The Balaban J connectivity index is 1.76. The quantitative estimate of drug-likeness (QED) is 0.522. The highest BCUT2D eigenvalue weighted by Gasteiger charge is 2.12. The third-order valence-corrected chi connectivity index (χ3v) is 4.35. The topological polar surface area (TPSA) is 65.8 Å². The van der Waals surface area contributed by atoms with E-state index < -0.39 is 5.91 Å². The molecular weight excluding hydrogens is 354 g/mol. The molecule has 0 fully saturated rings. The van der Waals surface area contributed by atoms with Gasteiger partial charge in [-0.15, -0.1) is 11.3 Å². The molecule has 122 valence electrons. The first-order valence-corrected chi connectivity index (χ1v) is 8.61. The van der Waals surface area contributed by atoms with Crippen LogP contribution in [0.4, 0.5) is 5.13 Å². The second-order valence-corrected chi connectivity index (χ2v) is 6.37. The van der Waals surface area contributed by atoms with Crippen molar-refractivity contribution in [2.45, 2.75) is 0 Å². The lowest BCUT2D eigenvalue weighted by Gasteiger charge is -2.01. The molecule has 0 spiro atoms. The number of nitrogens with one attached hydrogen (secondary N) is 1. The number of benzene rings is 2. The minimum Gasteiger partial charge on any atom is -0.297 e. The number of hydrogen-bond acceptors (Lipinski definition) is 4. The molecule has 1 aromatic heterocycles. The first-order chi connectivity index (χ1) is 12.2. The van der Waals surface area contributed by atoms with Crippen LogP contribution in [0.15, 0.2) is 65.6 Å². The molecule has 25 heavy (non-hydrogen) atoms. The molecule has 1 N–H and O–H groups in total. The molecule has 0 saturated heterocycles. The van der Waals surface area contributed by atoms with E-state index in [0.717, 1.165) is 16.8 Å². The fourth-order valence-electron chi connectivity index (χ4n) is 2.11. The summed E-state index contributed by atoms with van der Waals surface area (Å²) in [7, 11) is 0. The van der Waals surface area contributed by atoms with Crippen molar-refractivity contribution in [2.24, 2.45) is 0 Å².